The zero-order chi connectivity index (χ0) is 16.9. The SMILES string of the molecule is CC(C)(C)C1=[C]([Cr+2])c2ccccc2C1c1cccc2cccnc12.[Cl-].[Cl-]. The molecule has 4 rings (SSSR count). The number of allylic oxidation sites excluding steroid dienone is 1. The van der Waals surface area contributed by atoms with Gasteiger partial charge in [-0.25, -0.2) is 0 Å². The van der Waals surface area contributed by atoms with E-state index in [2.05, 4.69) is 85.6 Å². The van der Waals surface area contributed by atoms with Gasteiger partial charge >= 0.3 is 152 Å². The minimum atomic E-state index is 0. The summed E-state index contributed by atoms with van der Waals surface area (Å²) in [6.07, 6.45) is 1.89. The Balaban J connectivity index is 0.00000121. The fourth-order valence-corrected chi connectivity index (χ4v) is 4.80. The molecule has 3 aromatic rings. The van der Waals surface area contributed by atoms with E-state index in [0.717, 1.165) is 5.52 Å². The average molecular weight is 421 g/mol. The van der Waals surface area contributed by atoms with Gasteiger partial charge in [-0.05, 0) is 0 Å². The summed E-state index contributed by atoms with van der Waals surface area (Å²) < 4.78 is 1.30. The molecule has 1 unspecified atom stereocenters. The molecule has 133 valence electrons. The number of nitrogens with zero attached hydrogens (tertiary/aromatic N) is 1. The second-order valence-electron chi connectivity index (χ2n) is 7.44. The number of benzene rings is 2. The zero-order valence-electron chi connectivity index (χ0n) is 15.0. The van der Waals surface area contributed by atoms with Crippen molar-refractivity contribution >= 4 is 15.3 Å². The van der Waals surface area contributed by atoms with Crippen LogP contribution in [0.4, 0.5) is 0 Å². The van der Waals surface area contributed by atoms with Crippen molar-refractivity contribution in [1.82, 2.24) is 4.98 Å². The summed E-state index contributed by atoms with van der Waals surface area (Å²) in [5.41, 5.74) is 6.67. The van der Waals surface area contributed by atoms with Crippen LogP contribution in [0, 0.1) is 5.41 Å². The maximum absolute atomic E-state index is 4.71. The number of halogens is 2. The second kappa shape index (κ2) is 7.75. The van der Waals surface area contributed by atoms with Crippen molar-refractivity contribution < 1.29 is 41.1 Å². The summed E-state index contributed by atoms with van der Waals surface area (Å²) in [5, 5.41) is 1.20. The first kappa shape index (κ1) is 21.0. The summed E-state index contributed by atoms with van der Waals surface area (Å²) in [6.45, 7) is 6.91. The van der Waals surface area contributed by atoms with Crippen LogP contribution < -0.4 is 24.8 Å². The average Bonchev–Trinajstić information content (AvgIpc) is 2.88. The van der Waals surface area contributed by atoms with Crippen LogP contribution >= 0.6 is 0 Å². The summed E-state index contributed by atoms with van der Waals surface area (Å²) in [5.74, 6) is 0.260. The van der Waals surface area contributed by atoms with Gasteiger partial charge in [0.1, 0.15) is 0 Å². The molecule has 1 heterocycles. The van der Waals surface area contributed by atoms with Crippen LogP contribution in [0.1, 0.15) is 43.4 Å². The van der Waals surface area contributed by atoms with Crippen LogP contribution in [0.3, 0.4) is 0 Å². The molecular weight excluding hydrogens is 401 g/mol. The van der Waals surface area contributed by atoms with Gasteiger partial charge in [-0.1, -0.05) is 0 Å². The van der Waals surface area contributed by atoms with Gasteiger partial charge in [-0.3, -0.25) is 0 Å². The molecule has 1 aromatic heterocycles. The first-order valence-electron chi connectivity index (χ1n) is 8.33. The normalized spacial score (nSPS) is 16.0. The monoisotopic (exact) mass is 420 g/mol. The molecule has 1 aliphatic carbocycles. The number of pyridine rings is 1. The van der Waals surface area contributed by atoms with Crippen molar-refractivity contribution in [2.75, 3.05) is 0 Å². The van der Waals surface area contributed by atoms with E-state index in [1.807, 2.05) is 12.3 Å². The van der Waals surface area contributed by atoms with Gasteiger partial charge in [0.2, 0.25) is 0 Å². The maximum atomic E-state index is 4.71. The maximum Gasteiger partial charge on any atom is -1.00 e. The standard InChI is InChI=1S/C22H20N.2ClH.Cr/c1-22(2,3)19-14-16-8-4-5-11-17(16)20(19)18-12-6-9-15-10-7-13-23-21(15)18;;;/h4-13,20H,1-3H3;2*1H;/q;;;+2/p-2. The molecule has 1 aliphatic rings. The summed E-state index contributed by atoms with van der Waals surface area (Å²) in [4.78, 5) is 4.71. The van der Waals surface area contributed by atoms with Crippen molar-refractivity contribution in [2.45, 2.75) is 26.7 Å². The second-order valence-corrected chi connectivity index (χ2v) is 8.07. The van der Waals surface area contributed by atoms with Crippen LogP contribution in [0.5, 0.6) is 0 Å². The molecule has 0 N–H and O–H groups in total. The van der Waals surface area contributed by atoms with E-state index < -0.39 is 0 Å². The Morgan fingerprint density at radius 2 is 1.50 bits per heavy atom. The van der Waals surface area contributed by atoms with Crippen molar-refractivity contribution in [1.29, 1.82) is 0 Å². The van der Waals surface area contributed by atoms with Crippen LogP contribution in [-0.2, 0) is 16.3 Å². The number of para-hydroxylation sites is 1. The quantitative estimate of drug-likeness (QED) is 0.526. The van der Waals surface area contributed by atoms with Crippen LogP contribution in [-0.4, -0.2) is 4.98 Å². The molecule has 0 aliphatic heterocycles. The first-order valence-corrected chi connectivity index (χ1v) is 8.97. The largest absolute Gasteiger partial charge is 1.00 e. The van der Waals surface area contributed by atoms with E-state index in [1.165, 1.54) is 32.1 Å². The Morgan fingerprint density at radius 3 is 2.23 bits per heavy atom. The number of rotatable bonds is 1. The number of fused-ring (bicyclic) bond motifs is 2. The van der Waals surface area contributed by atoms with Gasteiger partial charge in [0.15, 0.2) is 0 Å². The third-order valence-corrected chi connectivity index (χ3v) is 5.52. The molecular formula is C22H20Cl2CrN. The minimum absolute atomic E-state index is 0. The molecule has 0 radical (unpaired) electrons. The minimum Gasteiger partial charge on any atom is -1.00 e. The number of hydrogen-bond acceptors (Lipinski definition) is 1. The molecule has 0 amide bonds. The molecule has 0 bridgehead atoms. The van der Waals surface area contributed by atoms with Gasteiger partial charge in [-0.2, -0.15) is 0 Å². The van der Waals surface area contributed by atoms with Crippen molar-refractivity contribution in [2.24, 2.45) is 5.41 Å². The Bertz CT molecular complexity index is 968. The fourth-order valence-electron chi connectivity index (χ4n) is 3.84. The first-order chi connectivity index (χ1) is 11.5. The summed E-state index contributed by atoms with van der Waals surface area (Å²) in [7, 11) is 0. The fraction of sp³-hybridized carbons (Fsp3) is 0.227. The van der Waals surface area contributed by atoms with Crippen LogP contribution in [0.2, 0.25) is 0 Å². The smallest absolute Gasteiger partial charge is 1.00 e. The Morgan fingerprint density at radius 1 is 0.846 bits per heavy atom. The van der Waals surface area contributed by atoms with E-state index in [1.54, 1.807) is 0 Å². The van der Waals surface area contributed by atoms with E-state index in [0.29, 0.717) is 0 Å². The topological polar surface area (TPSA) is 12.9 Å². The van der Waals surface area contributed by atoms with Gasteiger partial charge in [0.25, 0.3) is 0 Å². The van der Waals surface area contributed by atoms with Crippen molar-refractivity contribution in [3.8, 4) is 0 Å². The van der Waals surface area contributed by atoms with Gasteiger partial charge in [0.05, 0.1) is 0 Å². The van der Waals surface area contributed by atoms with Crippen LogP contribution in [0.25, 0.3) is 15.3 Å². The van der Waals surface area contributed by atoms with E-state index >= 15 is 0 Å². The number of hydrogen-bond donors (Lipinski definition) is 0. The molecule has 4 heteroatoms. The van der Waals surface area contributed by atoms with E-state index in [-0.39, 0.29) is 36.1 Å². The van der Waals surface area contributed by atoms with Gasteiger partial charge < -0.3 is 24.8 Å². The third kappa shape index (κ3) is 3.33. The predicted octanol–water partition coefficient (Wildman–Crippen LogP) is -0.308. The molecule has 0 fully saturated rings. The zero-order valence-corrected chi connectivity index (χ0v) is 17.7. The van der Waals surface area contributed by atoms with Gasteiger partial charge in [-0.15, -0.1) is 0 Å². The van der Waals surface area contributed by atoms with Gasteiger partial charge in [0, 0.05) is 0 Å². The van der Waals surface area contributed by atoms with E-state index in [9.17, 15) is 0 Å². The summed E-state index contributed by atoms with van der Waals surface area (Å²) >= 11 is 3.36. The van der Waals surface area contributed by atoms with Crippen LogP contribution in [0.15, 0.2) is 66.4 Å². The molecule has 0 saturated carbocycles. The molecule has 26 heavy (non-hydrogen) atoms. The Hall–Kier alpha value is -1.30. The van der Waals surface area contributed by atoms with Crippen molar-refractivity contribution in [3.63, 3.8) is 0 Å². The molecule has 1 nitrogen and oxygen atoms in total. The summed E-state index contributed by atoms with van der Waals surface area (Å²) in [6, 6.07) is 19.4. The number of aromatic nitrogens is 1. The molecule has 2 aromatic carbocycles. The van der Waals surface area contributed by atoms with Crippen molar-refractivity contribution in [3.05, 3.63) is 83.1 Å². The predicted molar refractivity (Wildman–Crippen MR) is 96.4 cm³/mol. The van der Waals surface area contributed by atoms with E-state index in [4.69, 9.17) is 4.98 Å². The molecule has 0 spiro atoms. The molecule has 1 atom stereocenters. The Labute approximate surface area is 176 Å². The Kier molecular flexibility index (Phi) is 6.26. The third-order valence-electron chi connectivity index (χ3n) is 4.83. The molecule has 0 saturated heterocycles.